The molecule has 1 aromatic heterocycles. The van der Waals surface area contributed by atoms with E-state index in [4.69, 9.17) is 4.42 Å². The molecule has 1 spiro atoms. The highest BCUT2D eigenvalue weighted by Crippen LogP contribution is 2.67. The molecule has 1 N–H and O–H groups in total. The van der Waals surface area contributed by atoms with Crippen LogP contribution >= 0.6 is 0 Å². The maximum absolute atomic E-state index is 6.23. The minimum atomic E-state index is -0.313. The average Bonchev–Trinajstić information content (AvgIpc) is 3.62. The molecule has 1 aliphatic heterocycles. The van der Waals surface area contributed by atoms with Gasteiger partial charge in [-0.25, -0.2) is 0 Å². The second-order valence-corrected chi connectivity index (χ2v) is 9.35. The van der Waals surface area contributed by atoms with Gasteiger partial charge in [0.25, 0.3) is 0 Å². The van der Waals surface area contributed by atoms with Crippen molar-refractivity contribution in [1.29, 1.82) is 0 Å². The number of benzene rings is 4. The Bertz CT molecular complexity index is 1390. The molecule has 0 radical (unpaired) electrons. The van der Waals surface area contributed by atoms with E-state index in [1.807, 2.05) is 12.3 Å². The van der Waals surface area contributed by atoms with Crippen molar-refractivity contribution >= 4 is 0 Å². The maximum Gasteiger partial charge on any atom is 0.110 e. The molecule has 0 bridgehead atoms. The molecule has 164 valence electrons. The highest BCUT2D eigenvalue weighted by molar-refractivity contribution is 5.83. The van der Waals surface area contributed by atoms with Gasteiger partial charge in [0.15, 0.2) is 0 Å². The first-order valence-electron chi connectivity index (χ1n) is 12.0. The van der Waals surface area contributed by atoms with Gasteiger partial charge in [0.2, 0.25) is 0 Å². The predicted molar refractivity (Wildman–Crippen MR) is 136 cm³/mol. The fraction of sp³-hybridized carbons (Fsp3) is 0.125. The van der Waals surface area contributed by atoms with Gasteiger partial charge in [-0.2, -0.15) is 0 Å². The molecule has 2 aliphatic rings. The van der Waals surface area contributed by atoms with Crippen LogP contribution in [-0.4, -0.2) is 0 Å². The van der Waals surface area contributed by atoms with Crippen molar-refractivity contribution in [2.24, 2.45) is 0 Å². The van der Waals surface area contributed by atoms with E-state index < -0.39 is 0 Å². The van der Waals surface area contributed by atoms with Gasteiger partial charge in [-0.3, -0.25) is 0 Å². The third-order valence-electron chi connectivity index (χ3n) is 7.80. The molecule has 1 saturated heterocycles. The van der Waals surface area contributed by atoms with Crippen LogP contribution in [0.25, 0.3) is 11.1 Å². The Morgan fingerprint density at radius 2 is 1.12 bits per heavy atom. The second kappa shape index (κ2) is 7.58. The smallest absolute Gasteiger partial charge is 0.110 e. The van der Waals surface area contributed by atoms with Crippen LogP contribution in [0.3, 0.4) is 0 Å². The summed E-state index contributed by atoms with van der Waals surface area (Å²) in [5.74, 6) is 1.10. The minimum Gasteiger partial charge on any atom is -0.469 e. The van der Waals surface area contributed by atoms with Crippen molar-refractivity contribution in [1.82, 2.24) is 5.32 Å². The van der Waals surface area contributed by atoms with Gasteiger partial charge in [0.1, 0.15) is 5.76 Å². The molecule has 2 heteroatoms. The zero-order chi connectivity index (χ0) is 22.5. The molecule has 4 aromatic carbocycles. The average molecular weight is 440 g/mol. The van der Waals surface area contributed by atoms with Gasteiger partial charge < -0.3 is 9.73 Å². The van der Waals surface area contributed by atoms with Gasteiger partial charge in [0.05, 0.1) is 17.6 Å². The number of hydrogen-bond donors (Lipinski definition) is 1. The molecule has 2 heterocycles. The summed E-state index contributed by atoms with van der Waals surface area (Å²) in [5, 5.41) is 4.12. The lowest BCUT2D eigenvalue weighted by Gasteiger charge is -2.38. The summed E-state index contributed by atoms with van der Waals surface area (Å²) in [4.78, 5) is 0. The fourth-order valence-corrected chi connectivity index (χ4v) is 6.61. The summed E-state index contributed by atoms with van der Waals surface area (Å²) < 4.78 is 6.23. The second-order valence-electron chi connectivity index (χ2n) is 9.35. The van der Waals surface area contributed by atoms with Crippen LogP contribution in [0, 0.1) is 0 Å². The molecule has 0 saturated carbocycles. The highest BCUT2D eigenvalue weighted by atomic mass is 16.3. The number of furan rings is 1. The number of rotatable bonds is 3. The van der Waals surface area contributed by atoms with E-state index in [2.05, 4.69) is 121 Å². The van der Waals surface area contributed by atoms with Crippen LogP contribution in [0.15, 0.2) is 132 Å². The Hall–Kier alpha value is -3.88. The molecule has 1 aliphatic carbocycles. The first-order valence-corrected chi connectivity index (χ1v) is 12.0. The first-order chi connectivity index (χ1) is 16.9. The molecular formula is C32H25NO. The van der Waals surface area contributed by atoms with Crippen molar-refractivity contribution in [3.8, 4) is 11.1 Å². The number of fused-ring (bicyclic) bond motifs is 5. The molecule has 7 rings (SSSR count). The van der Waals surface area contributed by atoms with Gasteiger partial charge in [-0.05, 0) is 45.5 Å². The van der Waals surface area contributed by atoms with Crippen LogP contribution in [0.4, 0.5) is 0 Å². The summed E-state index contributed by atoms with van der Waals surface area (Å²) in [6.07, 6.45) is 1.81. The summed E-state index contributed by atoms with van der Waals surface area (Å²) in [6.45, 7) is 0. The van der Waals surface area contributed by atoms with Crippen LogP contribution in [0.5, 0.6) is 0 Å². The molecule has 1 fully saturated rings. The van der Waals surface area contributed by atoms with Gasteiger partial charge in [-0.1, -0.05) is 109 Å². The summed E-state index contributed by atoms with van der Waals surface area (Å²) in [7, 11) is 0. The molecule has 3 unspecified atom stereocenters. The molecule has 0 amide bonds. The van der Waals surface area contributed by atoms with Crippen molar-refractivity contribution in [3.05, 3.63) is 156 Å². The third kappa shape index (κ3) is 2.60. The topological polar surface area (TPSA) is 25.2 Å². The van der Waals surface area contributed by atoms with E-state index in [1.165, 1.54) is 33.4 Å². The Balaban J connectivity index is 1.60. The van der Waals surface area contributed by atoms with Gasteiger partial charge in [-0.15, -0.1) is 0 Å². The normalized spacial score (nSPS) is 21.9. The Morgan fingerprint density at radius 3 is 1.71 bits per heavy atom. The van der Waals surface area contributed by atoms with Crippen LogP contribution in [0.2, 0.25) is 0 Å². The maximum atomic E-state index is 6.23. The lowest BCUT2D eigenvalue weighted by molar-refractivity contribution is 0.359. The van der Waals surface area contributed by atoms with E-state index in [9.17, 15) is 0 Å². The Morgan fingerprint density at radius 1 is 0.559 bits per heavy atom. The molecule has 2 nitrogen and oxygen atoms in total. The van der Waals surface area contributed by atoms with Crippen LogP contribution < -0.4 is 5.32 Å². The fourth-order valence-electron chi connectivity index (χ4n) is 6.61. The number of nitrogens with one attached hydrogen (secondary N) is 1. The Kier molecular flexibility index (Phi) is 4.36. The van der Waals surface area contributed by atoms with E-state index >= 15 is 0 Å². The summed E-state index contributed by atoms with van der Waals surface area (Å²) >= 11 is 0. The molecule has 34 heavy (non-hydrogen) atoms. The van der Waals surface area contributed by atoms with Crippen LogP contribution in [-0.2, 0) is 5.41 Å². The number of hydrogen-bond acceptors (Lipinski definition) is 2. The minimum absolute atomic E-state index is 0.0822. The quantitative estimate of drug-likeness (QED) is 0.316. The van der Waals surface area contributed by atoms with Gasteiger partial charge in [0, 0.05) is 12.1 Å². The van der Waals surface area contributed by atoms with Crippen LogP contribution in [0.1, 0.15) is 46.0 Å². The zero-order valence-electron chi connectivity index (χ0n) is 18.8. The van der Waals surface area contributed by atoms with Crippen molar-refractivity contribution in [3.63, 3.8) is 0 Å². The van der Waals surface area contributed by atoms with Crippen molar-refractivity contribution in [2.45, 2.75) is 23.4 Å². The first kappa shape index (κ1) is 19.6. The molecule has 3 atom stereocenters. The monoisotopic (exact) mass is 439 g/mol. The van der Waals surface area contributed by atoms with Crippen molar-refractivity contribution < 1.29 is 4.42 Å². The van der Waals surface area contributed by atoms with E-state index in [1.54, 1.807) is 0 Å². The van der Waals surface area contributed by atoms with E-state index in [0.29, 0.717) is 0 Å². The highest BCUT2D eigenvalue weighted by Gasteiger charge is 2.62. The third-order valence-corrected chi connectivity index (χ3v) is 7.80. The van der Waals surface area contributed by atoms with Crippen molar-refractivity contribution in [2.75, 3.05) is 0 Å². The standard InChI is InChI=1S/C32H25NO/c1-3-12-22(13-4-1)30-29(28-20-11-21-34-28)32(31(33-30)23-14-5-2-6-15-23)26-18-9-7-16-24(26)25-17-8-10-19-27(25)32/h1-21,29-31,33H. The lowest BCUT2D eigenvalue weighted by Crippen LogP contribution is -2.36. The Labute approximate surface area is 199 Å². The van der Waals surface area contributed by atoms with E-state index in [-0.39, 0.29) is 23.4 Å². The molecular weight excluding hydrogens is 414 g/mol. The summed E-state index contributed by atoms with van der Waals surface area (Å²) in [6, 6.07) is 44.0. The SMILES string of the molecule is c1ccc(C2NC(c3ccccc3)C3(c4ccccc4-c4ccccc43)C2c2ccco2)cc1. The summed E-state index contributed by atoms with van der Waals surface area (Å²) in [5.41, 5.74) is 7.66. The largest absolute Gasteiger partial charge is 0.469 e. The predicted octanol–water partition coefficient (Wildman–Crippen LogP) is 7.42. The molecule has 5 aromatic rings. The van der Waals surface area contributed by atoms with E-state index in [0.717, 1.165) is 5.76 Å². The zero-order valence-corrected chi connectivity index (χ0v) is 18.8. The lowest BCUT2D eigenvalue weighted by atomic mass is 9.62. The van der Waals surface area contributed by atoms with Gasteiger partial charge >= 0.3 is 0 Å².